The van der Waals surface area contributed by atoms with Crippen LogP contribution in [0.1, 0.15) is 5.69 Å². The van der Waals surface area contributed by atoms with E-state index in [9.17, 15) is 4.39 Å². The zero-order valence-corrected chi connectivity index (χ0v) is 9.08. The topological polar surface area (TPSA) is 26.5 Å². The zero-order valence-electron chi connectivity index (χ0n) is 7.50. The Hall–Kier alpha value is -0.940. The van der Waals surface area contributed by atoms with Crippen molar-refractivity contribution in [3.63, 3.8) is 0 Å². The summed E-state index contributed by atoms with van der Waals surface area (Å²) in [4.78, 5) is 4.09. The first-order valence-electron chi connectivity index (χ1n) is 4.02. The second-order valence-electron chi connectivity index (χ2n) is 2.90. The van der Waals surface area contributed by atoms with Crippen molar-refractivity contribution in [2.24, 2.45) is 0 Å². The fraction of sp³-hybridized carbons (Fsp3) is 0.222. The van der Waals surface area contributed by atoms with Gasteiger partial charge in [0.25, 0.3) is 0 Å². The molecule has 2 rings (SSSR count). The van der Waals surface area contributed by atoms with Crippen molar-refractivity contribution in [1.82, 2.24) is 9.38 Å². The number of hydrogen-bond donors (Lipinski definition) is 0. The Balaban J connectivity index is 2.58. The van der Waals surface area contributed by atoms with E-state index in [1.165, 1.54) is 6.07 Å². The third kappa shape index (κ3) is 1.65. The Morgan fingerprint density at radius 3 is 3.07 bits per heavy atom. The number of fused-ring (bicyclic) bond motifs is 1. The van der Waals surface area contributed by atoms with E-state index in [1.54, 1.807) is 23.9 Å². The molecule has 0 bridgehead atoms. The summed E-state index contributed by atoms with van der Waals surface area (Å²) in [5.74, 6) is -0.346. The van der Waals surface area contributed by atoms with Crippen LogP contribution < -0.4 is 0 Å². The van der Waals surface area contributed by atoms with Crippen LogP contribution in [-0.2, 0) is 11.3 Å². The van der Waals surface area contributed by atoms with Crippen LogP contribution >= 0.6 is 15.9 Å². The predicted molar refractivity (Wildman–Crippen MR) is 53.6 cm³/mol. The summed E-state index contributed by atoms with van der Waals surface area (Å²) in [6.45, 7) is 0.388. The number of rotatable bonds is 2. The van der Waals surface area contributed by atoms with Gasteiger partial charge < -0.3 is 9.14 Å². The molecule has 0 amide bonds. The summed E-state index contributed by atoms with van der Waals surface area (Å²) in [5, 5.41) is 0. The molecule has 0 atom stereocenters. The molecule has 3 nitrogen and oxygen atoms in total. The Bertz CT molecular complexity index is 469. The van der Waals surface area contributed by atoms with Gasteiger partial charge in [0.1, 0.15) is 0 Å². The molecule has 0 N–H and O–H groups in total. The summed E-state index contributed by atoms with van der Waals surface area (Å²) in [6, 6.07) is 1.39. The highest BCUT2D eigenvalue weighted by atomic mass is 79.9. The van der Waals surface area contributed by atoms with E-state index in [0.29, 0.717) is 22.4 Å². The van der Waals surface area contributed by atoms with Gasteiger partial charge in [0, 0.05) is 24.0 Å². The minimum atomic E-state index is -0.346. The second-order valence-corrected chi connectivity index (χ2v) is 3.82. The smallest absolute Gasteiger partial charge is 0.173 e. The first-order chi connectivity index (χ1) is 6.70. The van der Waals surface area contributed by atoms with E-state index < -0.39 is 0 Å². The van der Waals surface area contributed by atoms with Crippen LogP contribution in [0.25, 0.3) is 5.65 Å². The van der Waals surface area contributed by atoms with E-state index in [1.807, 2.05) is 0 Å². The first kappa shape index (κ1) is 9.61. The highest BCUT2D eigenvalue weighted by Crippen LogP contribution is 2.16. The molecular formula is C9H8BrFN2O. The lowest BCUT2D eigenvalue weighted by Gasteiger charge is -1.94. The third-order valence-corrected chi connectivity index (χ3v) is 2.25. The van der Waals surface area contributed by atoms with Gasteiger partial charge in [-0.15, -0.1) is 0 Å². The molecule has 14 heavy (non-hydrogen) atoms. The summed E-state index contributed by atoms with van der Waals surface area (Å²) in [6.07, 6.45) is 3.50. The minimum Gasteiger partial charge on any atom is -0.378 e. The molecule has 0 unspecified atom stereocenters. The zero-order chi connectivity index (χ0) is 10.1. The van der Waals surface area contributed by atoms with Gasteiger partial charge in [-0.2, -0.15) is 0 Å². The van der Waals surface area contributed by atoms with E-state index in [2.05, 4.69) is 20.9 Å². The number of hydrogen-bond acceptors (Lipinski definition) is 2. The molecule has 0 aliphatic carbocycles. The Labute approximate surface area is 88.6 Å². The molecule has 2 aromatic heterocycles. The second kappa shape index (κ2) is 3.67. The average Bonchev–Trinajstić information content (AvgIpc) is 2.48. The molecule has 0 aromatic carbocycles. The van der Waals surface area contributed by atoms with Crippen molar-refractivity contribution in [3.8, 4) is 0 Å². The van der Waals surface area contributed by atoms with Crippen LogP contribution in [0.2, 0.25) is 0 Å². The molecule has 0 saturated carbocycles. The van der Waals surface area contributed by atoms with Crippen LogP contribution in [0.5, 0.6) is 0 Å². The third-order valence-electron chi connectivity index (χ3n) is 1.82. The van der Waals surface area contributed by atoms with Gasteiger partial charge in [-0.1, -0.05) is 0 Å². The SMILES string of the molecule is COCc1cn2cc(Br)cc(F)c2n1. The van der Waals surface area contributed by atoms with Gasteiger partial charge >= 0.3 is 0 Å². The first-order valence-corrected chi connectivity index (χ1v) is 4.81. The molecule has 0 fully saturated rings. The van der Waals surface area contributed by atoms with Crippen LogP contribution in [0.4, 0.5) is 4.39 Å². The molecule has 74 valence electrons. The Morgan fingerprint density at radius 2 is 2.36 bits per heavy atom. The Morgan fingerprint density at radius 1 is 1.57 bits per heavy atom. The lowest BCUT2D eigenvalue weighted by atomic mass is 10.4. The monoisotopic (exact) mass is 258 g/mol. The van der Waals surface area contributed by atoms with E-state index in [0.717, 1.165) is 0 Å². The number of aromatic nitrogens is 2. The van der Waals surface area contributed by atoms with Gasteiger partial charge in [0.05, 0.1) is 12.3 Å². The molecular weight excluding hydrogens is 251 g/mol. The van der Waals surface area contributed by atoms with Gasteiger partial charge in [-0.25, -0.2) is 9.37 Å². The van der Waals surface area contributed by atoms with Crippen molar-refractivity contribution >= 4 is 21.6 Å². The van der Waals surface area contributed by atoms with E-state index >= 15 is 0 Å². The standard InChI is InChI=1S/C9H8BrFN2O/c1-14-5-7-4-13-3-6(10)2-8(11)9(13)12-7/h2-4H,5H2,1H3. The Kier molecular flexibility index (Phi) is 2.52. The molecule has 0 aliphatic heterocycles. The molecule has 2 aromatic rings. The molecule has 0 radical (unpaired) electrons. The average molecular weight is 259 g/mol. The summed E-state index contributed by atoms with van der Waals surface area (Å²) in [7, 11) is 1.58. The van der Waals surface area contributed by atoms with Crippen molar-refractivity contribution in [3.05, 3.63) is 34.4 Å². The molecule has 0 aliphatic rings. The number of methoxy groups -OCH3 is 1. The van der Waals surface area contributed by atoms with Crippen LogP contribution in [0.15, 0.2) is 22.9 Å². The normalized spacial score (nSPS) is 11.1. The molecule has 2 heterocycles. The lowest BCUT2D eigenvalue weighted by molar-refractivity contribution is 0.182. The van der Waals surface area contributed by atoms with Gasteiger partial charge in [0.2, 0.25) is 0 Å². The maximum Gasteiger partial charge on any atom is 0.173 e. The van der Waals surface area contributed by atoms with Gasteiger partial charge in [0.15, 0.2) is 11.5 Å². The van der Waals surface area contributed by atoms with Crippen molar-refractivity contribution in [2.45, 2.75) is 6.61 Å². The minimum absolute atomic E-state index is 0.320. The predicted octanol–water partition coefficient (Wildman–Crippen LogP) is 2.38. The highest BCUT2D eigenvalue weighted by molar-refractivity contribution is 9.10. The number of ether oxygens (including phenoxy) is 1. The molecule has 5 heteroatoms. The fourth-order valence-electron chi connectivity index (χ4n) is 1.29. The summed E-state index contributed by atoms with van der Waals surface area (Å²) in [5.41, 5.74) is 1.03. The number of halogens is 2. The van der Waals surface area contributed by atoms with E-state index in [4.69, 9.17) is 4.74 Å². The lowest BCUT2D eigenvalue weighted by Crippen LogP contribution is -1.87. The number of nitrogens with zero attached hydrogens (tertiary/aromatic N) is 2. The van der Waals surface area contributed by atoms with Crippen LogP contribution in [0.3, 0.4) is 0 Å². The van der Waals surface area contributed by atoms with Crippen LogP contribution in [0, 0.1) is 5.82 Å². The number of imidazole rings is 1. The summed E-state index contributed by atoms with van der Waals surface area (Å²) >= 11 is 3.21. The quantitative estimate of drug-likeness (QED) is 0.827. The van der Waals surface area contributed by atoms with Crippen molar-refractivity contribution in [1.29, 1.82) is 0 Å². The fourth-order valence-corrected chi connectivity index (χ4v) is 1.71. The van der Waals surface area contributed by atoms with Crippen LogP contribution in [-0.4, -0.2) is 16.5 Å². The maximum absolute atomic E-state index is 13.3. The number of pyridine rings is 1. The molecule has 0 spiro atoms. The molecule has 0 saturated heterocycles. The van der Waals surface area contributed by atoms with E-state index in [-0.39, 0.29) is 5.82 Å². The van der Waals surface area contributed by atoms with Gasteiger partial charge in [-0.05, 0) is 22.0 Å². The van der Waals surface area contributed by atoms with Gasteiger partial charge in [-0.3, -0.25) is 0 Å². The maximum atomic E-state index is 13.3. The largest absolute Gasteiger partial charge is 0.378 e. The highest BCUT2D eigenvalue weighted by Gasteiger charge is 2.06. The summed E-state index contributed by atoms with van der Waals surface area (Å²) < 4.78 is 20.6. The van der Waals surface area contributed by atoms with Crippen molar-refractivity contribution < 1.29 is 9.13 Å². The van der Waals surface area contributed by atoms with Crippen molar-refractivity contribution in [2.75, 3.05) is 7.11 Å².